The summed E-state index contributed by atoms with van der Waals surface area (Å²) in [5.74, 6) is 0.898. The second-order valence-corrected chi connectivity index (χ2v) is 9.32. The number of pyridine rings is 1. The summed E-state index contributed by atoms with van der Waals surface area (Å²) in [4.78, 5) is 16.9. The van der Waals surface area contributed by atoms with E-state index in [2.05, 4.69) is 20.8 Å². The lowest BCUT2D eigenvalue weighted by Gasteiger charge is -2.15. The third-order valence-corrected chi connectivity index (χ3v) is 6.15. The van der Waals surface area contributed by atoms with Crippen LogP contribution in [0.5, 0.6) is 0 Å². The number of carbonyl (C=O) groups is 1. The van der Waals surface area contributed by atoms with Crippen LogP contribution in [0.4, 0.5) is 0 Å². The number of hydrogen-bond donors (Lipinski definition) is 0. The molecule has 1 heterocycles. The van der Waals surface area contributed by atoms with E-state index in [-0.39, 0.29) is 5.97 Å². The summed E-state index contributed by atoms with van der Waals surface area (Å²) < 4.78 is 2.15. The quantitative estimate of drug-likeness (QED) is 0.379. The molecule has 0 amide bonds. The van der Waals surface area contributed by atoms with Gasteiger partial charge in [-0.3, -0.25) is 0 Å². The van der Waals surface area contributed by atoms with E-state index in [0.29, 0.717) is 15.8 Å². The fourth-order valence-corrected chi connectivity index (χ4v) is 4.07. The van der Waals surface area contributed by atoms with Crippen LogP contribution in [0.1, 0.15) is 46.5 Å². The molecule has 0 aromatic carbocycles. The van der Waals surface area contributed by atoms with E-state index < -0.39 is 0 Å². The van der Waals surface area contributed by atoms with Crippen LogP contribution >= 0.6 is 33.8 Å². The van der Waals surface area contributed by atoms with Crippen LogP contribution < -0.4 is 4.84 Å². The zero-order valence-electron chi connectivity index (χ0n) is 12.8. The molecule has 0 fully saturated rings. The highest BCUT2D eigenvalue weighted by molar-refractivity contribution is 8.77. The van der Waals surface area contributed by atoms with Gasteiger partial charge < -0.3 is 4.84 Å². The number of hydrogen-bond acceptors (Lipinski definition) is 5. The Hall–Kier alpha value is -0.460. The molecule has 1 aromatic heterocycles. The van der Waals surface area contributed by atoms with Gasteiger partial charge in [0.05, 0.1) is 0 Å². The van der Waals surface area contributed by atoms with E-state index in [9.17, 15) is 4.79 Å². The minimum Gasteiger partial charge on any atom is -0.336 e. The number of unbranched alkanes of at least 4 members (excludes halogenated alkanes) is 2. The van der Waals surface area contributed by atoms with Gasteiger partial charge in [0.15, 0.2) is 0 Å². The Labute approximate surface area is 140 Å². The maximum absolute atomic E-state index is 11.7. The predicted molar refractivity (Wildman–Crippen MR) is 95.1 cm³/mol. The molecule has 0 aliphatic carbocycles. The van der Waals surface area contributed by atoms with Gasteiger partial charge in [0.1, 0.15) is 4.64 Å². The lowest BCUT2D eigenvalue weighted by molar-refractivity contribution is -0.144. The Morgan fingerprint density at radius 3 is 2.71 bits per heavy atom. The Balaban J connectivity index is 2.09. The van der Waals surface area contributed by atoms with Gasteiger partial charge >= 0.3 is 5.97 Å². The maximum Gasteiger partial charge on any atom is 0.332 e. The lowest BCUT2D eigenvalue weighted by atomic mass is 10.2. The van der Waals surface area contributed by atoms with Crippen molar-refractivity contribution >= 4 is 39.8 Å². The molecule has 0 aliphatic rings. The molecule has 0 atom stereocenters. The SMILES string of the molecule is CC(C)(C)SSCCCCCC(=O)On1ccccc1=S. The van der Waals surface area contributed by atoms with E-state index in [1.54, 1.807) is 18.3 Å². The number of nitrogens with zero attached hydrogens (tertiary/aromatic N) is 1. The van der Waals surface area contributed by atoms with E-state index in [4.69, 9.17) is 17.1 Å². The van der Waals surface area contributed by atoms with Gasteiger partial charge in [0, 0.05) is 23.1 Å². The van der Waals surface area contributed by atoms with Crippen LogP contribution in [0.2, 0.25) is 0 Å². The maximum atomic E-state index is 11.7. The van der Waals surface area contributed by atoms with Crippen LogP contribution in [0.3, 0.4) is 0 Å². The zero-order chi connectivity index (χ0) is 15.7. The molecule has 6 heteroatoms. The average molecular weight is 346 g/mol. The molecule has 21 heavy (non-hydrogen) atoms. The van der Waals surface area contributed by atoms with Gasteiger partial charge in [-0.2, -0.15) is 4.73 Å². The summed E-state index contributed by atoms with van der Waals surface area (Å²) in [5.41, 5.74) is 0. The highest BCUT2D eigenvalue weighted by atomic mass is 33.1. The second-order valence-electron chi connectivity index (χ2n) is 5.66. The predicted octanol–water partition coefficient (Wildman–Crippen LogP) is 4.91. The fourth-order valence-electron chi connectivity index (χ4n) is 1.47. The van der Waals surface area contributed by atoms with Crippen LogP contribution in [-0.4, -0.2) is 21.2 Å². The first-order valence-corrected chi connectivity index (χ1v) is 9.81. The largest absolute Gasteiger partial charge is 0.336 e. The Bertz CT molecular complexity index is 494. The lowest BCUT2D eigenvalue weighted by Crippen LogP contribution is -2.19. The highest BCUT2D eigenvalue weighted by Gasteiger charge is 2.10. The van der Waals surface area contributed by atoms with Gasteiger partial charge in [-0.1, -0.05) is 67.1 Å². The van der Waals surface area contributed by atoms with E-state index in [1.165, 1.54) is 4.73 Å². The first-order valence-electron chi connectivity index (χ1n) is 7.08. The van der Waals surface area contributed by atoms with Crippen molar-refractivity contribution in [1.82, 2.24) is 4.73 Å². The summed E-state index contributed by atoms with van der Waals surface area (Å²) in [7, 11) is 3.82. The summed E-state index contributed by atoms with van der Waals surface area (Å²) in [6, 6.07) is 5.33. The number of aromatic nitrogens is 1. The van der Waals surface area contributed by atoms with Crippen LogP contribution in [0.15, 0.2) is 24.4 Å². The summed E-state index contributed by atoms with van der Waals surface area (Å²) >= 11 is 5.06. The number of carbonyl (C=O) groups excluding carboxylic acids is 1. The monoisotopic (exact) mass is 345 g/mol. The standard InChI is InChI=1S/C15H23NO2S3/c1-15(2,3)21-20-12-8-4-5-10-14(17)18-16-11-7-6-9-13(16)19/h6-7,9,11H,4-5,8,10,12H2,1-3H3. The first kappa shape index (κ1) is 18.6. The van der Waals surface area contributed by atoms with Crippen LogP contribution in [0, 0.1) is 4.64 Å². The topological polar surface area (TPSA) is 31.2 Å². The van der Waals surface area contributed by atoms with E-state index in [0.717, 1.165) is 25.0 Å². The summed E-state index contributed by atoms with van der Waals surface area (Å²) in [6.45, 7) is 6.65. The van der Waals surface area contributed by atoms with Gasteiger partial charge in [0.2, 0.25) is 0 Å². The third kappa shape index (κ3) is 9.22. The van der Waals surface area contributed by atoms with Crippen molar-refractivity contribution in [3.8, 4) is 0 Å². The normalized spacial score (nSPS) is 11.4. The summed E-state index contributed by atoms with van der Waals surface area (Å²) in [5, 5.41) is 0. The van der Waals surface area contributed by atoms with Gasteiger partial charge in [-0.15, -0.1) is 0 Å². The van der Waals surface area contributed by atoms with Gasteiger partial charge in [-0.25, -0.2) is 4.79 Å². The van der Waals surface area contributed by atoms with Gasteiger partial charge in [0.25, 0.3) is 0 Å². The van der Waals surface area contributed by atoms with Crippen molar-refractivity contribution in [1.29, 1.82) is 0 Å². The molecule has 1 rings (SSSR count). The first-order chi connectivity index (χ1) is 9.88. The fraction of sp³-hybridized carbons (Fsp3) is 0.600. The molecule has 0 bridgehead atoms. The van der Waals surface area contributed by atoms with Crippen molar-refractivity contribution in [2.24, 2.45) is 0 Å². The Morgan fingerprint density at radius 2 is 2.05 bits per heavy atom. The Kier molecular flexibility index (Phi) is 8.44. The van der Waals surface area contributed by atoms with E-state index in [1.807, 2.05) is 27.7 Å². The molecular weight excluding hydrogens is 322 g/mol. The smallest absolute Gasteiger partial charge is 0.332 e. The molecule has 0 saturated carbocycles. The number of rotatable bonds is 8. The zero-order valence-corrected chi connectivity index (χ0v) is 15.3. The molecule has 1 aromatic rings. The molecule has 118 valence electrons. The second kappa shape index (κ2) is 9.54. The van der Waals surface area contributed by atoms with E-state index >= 15 is 0 Å². The van der Waals surface area contributed by atoms with Crippen LogP contribution in [0.25, 0.3) is 0 Å². The van der Waals surface area contributed by atoms with Crippen molar-refractivity contribution < 1.29 is 9.63 Å². The third-order valence-electron chi connectivity index (χ3n) is 2.41. The average Bonchev–Trinajstić information content (AvgIpc) is 2.39. The minimum absolute atomic E-state index is 0.228. The molecular formula is C15H23NO2S3. The molecule has 0 radical (unpaired) electrons. The van der Waals surface area contributed by atoms with Crippen molar-refractivity contribution in [3.63, 3.8) is 0 Å². The highest BCUT2D eigenvalue weighted by Crippen LogP contribution is 2.35. The molecule has 0 N–H and O–H groups in total. The molecule has 0 aliphatic heterocycles. The minimum atomic E-state index is -0.228. The van der Waals surface area contributed by atoms with Gasteiger partial charge in [-0.05, 0) is 25.0 Å². The molecule has 3 nitrogen and oxygen atoms in total. The summed E-state index contributed by atoms with van der Waals surface area (Å²) in [6.07, 6.45) is 5.13. The van der Waals surface area contributed by atoms with Crippen molar-refractivity contribution in [3.05, 3.63) is 29.0 Å². The molecule has 0 unspecified atom stereocenters. The Morgan fingerprint density at radius 1 is 1.29 bits per heavy atom. The molecule has 0 spiro atoms. The van der Waals surface area contributed by atoms with Crippen LogP contribution in [-0.2, 0) is 4.79 Å². The van der Waals surface area contributed by atoms with Crippen molar-refractivity contribution in [2.75, 3.05) is 5.75 Å². The van der Waals surface area contributed by atoms with Crippen molar-refractivity contribution in [2.45, 2.75) is 51.2 Å². The molecule has 0 saturated heterocycles.